The minimum Gasteiger partial charge on any atom is -0.486 e. The maximum absolute atomic E-state index is 12.3. The lowest BCUT2D eigenvalue weighted by Crippen LogP contribution is -2.54. The average molecular weight is 362 g/mol. The highest BCUT2D eigenvalue weighted by molar-refractivity contribution is 5.89. The molecule has 1 fully saturated rings. The molecule has 3 rings (SSSR count). The smallest absolute Gasteiger partial charge is 0.319 e. The molecule has 144 valence electrons. The van der Waals surface area contributed by atoms with Crippen LogP contribution in [0.3, 0.4) is 0 Å². The van der Waals surface area contributed by atoms with Gasteiger partial charge in [-0.05, 0) is 25.1 Å². The van der Waals surface area contributed by atoms with Crippen molar-refractivity contribution in [2.45, 2.75) is 19.9 Å². The van der Waals surface area contributed by atoms with Crippen LogP contribution >= 0.6 is 0 Å². The van der Waals surface area contributed by atoms with Gasteiger partial charge in [-0.1, -0.05) is 13.8 Å². The van der Waals surface area contributed by atoms with E-state index in [9.17, 15) is 4.79 Å². The van der Waals surface area contributed by atoms with Crippen molar-refractivity contribution in [3.8, 4) is 11.5 Å². The van der Waals surface area contributed by atoms with Gasteiger partial charge < -0.3 is 25.0 Å². The first-order chi connectivity index (χ1) is 12.5. The zero-order valence-electron chi connectivity index (χ0n) is 16.0. The molecule has 2 aliphatic heterocycles. The van der Waals surface area contributed by atoms with Crippen LogP contribution in [-0.2, 0) is 0 Å². The molecule has 0 radical (unpaired) electrons. The molecule has 1 atom stereocenters. The molecule has 2 amide bonds. The van der Waals surface area contributed by atoms with Crippen LogP contribution in [0.5, 0.6) is 11.5 Å². The van der Waals surface area contributed by atoms with Gasteiger partial charge in [-0.25, -0.2) is 4.79 Å². The molecule has 1 aromatic rings. The van der Waals surface area contributed by atoms with Crippen LogP contribution in [0.25, 0.3) is 0 Å². The molecule has 7 heteroatoms. The highest BCUT2D eigenvalue weighted by atomic mass is 16.6. The molecule has 2 heterocycles. The minimum atomic E-state index is -0.193. The summed E-state index contributed by atoms with van der Waals surface area (Å²) in [7, 11) is 2.15. The number of ether oxygens (including phenoxy) is 2. The molecule has 0 saturated carbocycles. The summed E-state index contributed by atoms with van der Waals surface area (Å²) in [5, 5.41) is 5.91. The van der Waals surface area contributed by atoms with Crippen LogP contribution < -0.4 is 20.1 Å². The second-order valence-electron chi connectivity index (χ2n) is 7.34. The summed E-state index contributed by atoms with van der Waals surface area (Å²) in [4.78, 5) is 17.1. The summed E-state index contributed by atoms with van der Waals surface area (Å²) >= 11 is 0. The highest BCUT2D eigenvalue weighted by Gasteiger charge is 2.25. The maximum atomic E-state index is 12.3. The number of likely N-dealkylation sites (N-methyl/N-ethyl adjacent to an activating group) is 1. The third kappa shape index (κ3) is 4.80. The molecule has 0 bridgehead atoms. The third-order valence-electron chi connectivity index (χ3n) is 5.05. The molecule has 1 aromatic carbocycles. The number of hydrogen-bond acceptors (Lipinski definition) is 5. The number of nitrogens with zero attached hydrogens (tertiary/aromatic N) is 2. The number of carbonyl (C=O) groups excluding carboxylic acids is 1. The van der Waals surface area contributed by atoms with E-state index in [0.29, 0.717) is 43.2 Å². The van der Waals surface area contributed by atoms with Crippen molar-refractivity contribution in [3.63, 3.8) is 0 Å². The Kier molecular flexibility index (Phi) is 6.21. The summed E-state index contributed by atoms with van der Waals surface area (Å²) in [5.41, 5.74) is 0.701. The number of urea groups is 1. The Bertz CT molecular complexity index is 615. The zero-order chi connectivity index (χ0) is 18.5. The predicted octanol–water partition coefficient (Wildman–Crippen LogP) is 1.85. The van der Waals surface area contributed by atoms with Crippen LogP contribution in [0.2, 0.25) is 0 Å². The minimum absolute atomic E-state index is 0.193. The van der Waals surface area contributed by atoms with E-state index in [-0.39, 0.29) is 6.03 Å². The molecule has 2 aliphatic rings. The lowest BCUT2D eigenvalue weighted by Gasteiger charge is -2.39. The number of anilines is 1. The Morgan fingerprint density at radius 3 is 2.50 bits per heavy atom. The Morgan fingerprint density at radius 2 is 1.81 bits per heavy atom. The van der Waals surface area contributed by atoms with E-state index in [0.717, 1.165) is 31.9 Å². The largest absolute Gasteiger partial charge is 0.486 e. The lowest BCUT2D eigenvalue weighted by atomic mass is 10.0. The van der Waals surface area contributed by atoms with E-state index in [2.05, 4.69) is 41.3 Å². The van der Waals surface area contributed by atoms with Gasteiger partial charge in [-0.3, -0.25) is 4.90 Å². The van der Waals surface area contributed by atoms with Crippen molar-refractivity contribution < 1.29 is 14.3 Å². The van der Waals surface area contributed by atoms with Gasteiger partial charge in [0.2, 0.25) is 0 Å². The quantitative estimate of drug-likeness (QED) is 0.837. The molecule has 0 aliphatic carbocycles. The van der Waals surface area contributed by atoms with Crippen LogP contribution in [-0.4, -0.2) is 74.9 Å². The first kappa shape index (κ1) is 18.8. The molecule has 26 heavy (non-hydrogen) atoms. The topological polar surface area (TPSA) is 66.1 Å². The fourth-order valence-electron chi connectivity index (χ4n) is 3.43. The van der Waals surface area contributed by atoms with Crippen LogP contribution in [0.15, 0.2) is 18.2 Å². The summed E-state index contributed by atoms with van der Waals surface area (Å²) in [6.45, 7) is 10.4. The van der Waals surface area contributed by atoms with Gasteiger partial charge in [-0.15, -0.1) is 0 Å². The molecule has 2 N–H and O–H groups in total. The Balaban J connectivity index is 1.52. The summed E-state index contributed by atoms with van der Waals surface area (Å²) in [6.07, 6.45) is 0. The van der Waals surface area contributed by atoms with Crippen molar-refractivity contribution in [1.82, 2.24) is 15.1 Å². The van der Waals surface area contributed by atoms with E-state index in [4.69, 9.17) is 9.47 Å². The molecule has 0 aromatic heterocycles. The van der Waals surface area contributed by atoms with Gasteiger partial charge in [0.1, 0.15) is 13.2 Å². The molecule has 0 spiro atoms. The number of piperazine rings is 1. The van der Waals surface area contributed by atoms with Crippen LogP contribution in [0.1, 0.15) is 13.8 Å². The first-order valence-electron chi connectivity index (χ1n) is 9.40. The monoisotopic (exact) mass is 362 g/mol. The van der Waals surface area contributed by atoms with Gasteiger partial charge >= 0.3 is 6.03 Å². The molecule has 7 nitrogen and oxygen atoms in total. The SMILES string of the molecule is CC(C)C(CNC(=O)Nc1ccc2c(c1)OCCO2)N1CCN(C)CC1. The first-order valence-corrected chi connectivity index (χ1v) is 9.40. The van der Waals surface area contributed by atoms with E-state index in [1.54, 1.807) is 6.07 Å². The van der Waals surface area contributed by atoms with Gasteiger partial charge in [0.15, 0.2) is 11.5 Å². The number of carbonyl (C=O) groups is 1. The van der Waals surface area contributed by atoms with Crippen molar-refractivity contribution in [3.05, 3.63) is 18.2 Å². The average Bonchev–Trinajstić information content (AvgIpc) is 2.63. The maximum Gasteiger partial charge on any atom is 0.319 e. The number of fused-ring (bicyclic) bond motifs is 1. The summed E-state index contributed by atoms with van der Waals surface area (Å²) < 4.78 is 11.1. The summed E-state index contributed by atoms with van der Waals surface area (Å²) in [5.74, 6) is 1.87. The fourth-order valence-corrected chi connectivity index (χ4v) is 3.43. The van der Waals surface area contributed by atoms with E-state index in [1.807, 2.05) is 12.1 Å². The number of rotatable bonds is 5. The number of amides is 2. The fraction of sp³-hybridized carbons (Fsp3) is 0.632. The Morgan fingerprint density at radius 1 is 1.12 bits per heavy atom. The van der Waals surface area contributed by atoms with Gasteiger partial charge in [0, 0.05) is 50.5 Å². The van der Waals surface area contributed by atoms with E-state index >= 15 is 0 Å². The predicted molar refractivity (Wildman–Crippen MR) is 102 cm³/mol. The normalized spacial score (nSPS) is 19.2. The van der Waals surface area contributed by atoms with Crippen molar-refractivity contribution in [1.29, 1.82) is 0 Å². The number of benzene rings is 1. The van der Waals surface area contributed by atoms with Gasteiger partial charge in [0.25, 0.3) is 0 Å². The van der Waals surface area contributed by atoms with Crippen molar-refractivity contribution >= 4 is 11.7 Å². The third-order valence-corrected chi connectivity index (χ3v) is 5.05. The number of hydrogen-bond donors (Lipinski definition) is 2. The molecular weight excluding hydrogens is 332 g/mol. The van der Waals surface area contributed by atoms with Crippen molar-refractivity contribution in [2.24, 2.45) is 5.92 Å². The standard InChI is InChI=1S/C19H30N4O3/c1-14(2)16(23-8-6-22(3)7-9-23)13-20-19(24)21-15-4-5-17-18(12-15)26-11-10-25-17/h4-5,12,14,16H,6-11,13H2,1-3H3,(H2,20,21,24). The molecular formula is C19H30N4O3. The van der Waals surface area contributed by atoms with Gasteiger partial charge in [0.05, 0.1) is 0 Å². The number of nitrogens with one attached hydrogen (secondary N) is 2. The Hall–Kier alpha value is -1.99. The van der Waals surface area contributed by atoms with Crippen LogP contribution in [0, 0.1) is 5.92 Å². The Labute approximate surface area is 155 Å². The second-order valence-corrected chi connectivity index (χ2v) is 7.34. The van der Waals surface area contributed by atoms with Gasteiger partial charge in [-0.2, -0.15) is 0 Å². The van der Waals surface area contributed by atoms with E-state index in [1.165, 1.54) is 0 Å². The lowest BCUT2D eigenvalue weighted by molar-refractivity contribution is 0.0890. The molecule has 1 unspecified atom stereocenters. The van der Waals surface area contributed by atoms with Crippen molar-refractivity contribution in [2.75, 3.05) is 58.3 Å². The summed E-state index contributed by atoms with van der Waals surface area (Å²) in [6, 6.07) is 5.60. The molecule has 1 saturated heterocycles. The zero-order valence-corrected chi connectivity index (χ0v) is 16.0. The van der Waals surface area contributed by atoms with Crippen LogP contribution in [0.4, 0.5) is 10.5 Å². The second kappa shape index (κ2) is 8.60. The van der Waals surface area contributed by atoms with E-state index < -0.39 is 0 Å². The highest BCUT2D eigenvalue weighted by Crippen LogP contribution is 2.32.